The molecule has 4 rings (SSSR count). The first-order chi connectivity index (χ1) is 16.6. The van der Waals surface area contributed by atoms with Gasteiger partial charge in [0.05, 0.1) is 0 Å². The molecule has 0 aliphatic heterocycles. The van der Waals surface area contributed by atoms with Crippen molar-refractivity contribution < 1.29 is 14.3 Å². The second-order valence-corrected chi connectivity index (χ2v) is 8.00. The molecule has 4 aromatic carbocycles. The average Bonchev–Trinajstić information content (AvgIpc) is 2.88. The van der Waals surface area contributed by atoms with Crippen molar-refractivity contribution in [2.75, 3.05) is 0 Å². The number of nitrogens with one attached hydrogen (secondary N) is 1. The molecule has 0 radical (unpaired) electrons. The Morgan fingerprint density at radius 2 is 1.35 bits per heavy atom. The van der Waals surface area contributed by atoms with Crippen LogP contribution in [0.5, 0.6) is 5.75 Å². The number of carbonyl (C=O) groups excluding carboxylic acids is 2. The second-order valence-electron chi connectivity index (χ2n) is 8.00. The Kier molecular flexibility index (Phi) is 7.35. The lowest BCUT2D eigenvalue weighted by molar-refractivity contribution is -0.119. The highest BCUT2D eigenvalue weighted by Gasteiger charge is 2.20. The predicted octanol–water partition coefficient (Wildman–Crippen LogP) is 4.76. The molecule has 0 spiro atoms. The van der Waals surface area contributed by atoms with Crippen molar-refractivity contribution in [1.29, 1.82) is 0 Å². The zero-order chi connectivity index (χ0) is 23.8. The summed E-state index contributed by atoms with van der Waals surface area (Å²) in [5.74, 6) is -0.253. The number of primary amides is 1. The monoisotopic (exact) mass is 450 g/mol. The number of rotatable bonds is 9. The first-order valence-corrected chi connectivity index (χ1v) is 11.1. The van der Waals surface area contributed by atoms with Crippen molar-refractivity contribution >= 4 is 11.8 Å². The topological polar surface area (TPSA) is 81.4 Å². The molecule has 0 saturated heterocycles. The van der Waals surface area contributed by atoms with Crippen LogP contribution in [0.15, 0.2) is 109 Å². The molecule has 170 valence electrons. The van der Waals surface area contributed by atoms with Gasteiger partial charge in [-0.15, -0.1) is 0 Å². The third-order valence-electron chi connectivity index (χ3n) is 5.49. The molecule has 0 aliphatic carbocycles. The molecule has 0 fully saturated rings. The molecule has 0 aliphatic rings. The van der Waals surface area contributed by atoms with E-state index < -0.39 is 11.9 Å². The highest BCUT2D eigenvalue weighted by molar-refractivity contribution is 5.97. The van der Waals surface area contributed by atoms with Crippen LogP contribution in [0.25, 0.3) is 11.1 Å². The molecule has 5 nitrogen and oxygen atoms in total. The minimum Gasteiger partial charge on any atom is -0.489 e. The molecule has 0 bridgehead atoms. The second kappa shape index (κ2) is 11.0. The van der Waals surface area contributed by atoms with Crippen molar-refractivity contribution in [3.63, 3.8) is 0 Å². The lowest BCUT2D eigenvalue weighted by Crippen LogP contribution is -2.45. The van der Waals surface area contributed by atoms with E-state index in [-0.39, 0.29) is 12.3 Å². The van der Waals surface area contributed by atoms with Crippen LogP contribution in [-0.4, -0.2) is 17.9 Å². The summed E-state index contributed by atoms with van der Waals surface area (Å²) in [6.45, 7) is 0.444. The van der Waals surface area contributed by atoms with Crippen molar-refractivity contribution in [3.8, 4) is 16.9 Å². The van der Waals surface area contributed by atoms with Gasteiger partial charge >= 0.3 is 0 Å². The molecule has 5 heteroatoms. The van der Waals surface area contributed by atoms with E-state index in [2.05, 4.69) is 5.32 Å². The number of hydrogen-bond acceptors (Lipinski definition) is 3. The Balaban J connectivity index is 1.39. The molecule has 4 aromatic rings. The fraction of sp³-hybridized carbons (Fsp3) is 0.103. The van der Waals surface area contributed by atoms with Gasteiger partial charge in [0.15, 0.2) is 0 Å². The van der Waals surface area contributed by atoms with Crippen LogP contribution >= 0.6 is 0 Å². The zero-order valence-electron chi connectivity index (χ0n) is 18.7. The molecule has 2 amide bonds. The molecular weight excluding hydrogens is 424 g/mol. The Labute approximate surface area is 199 Å². The number of benzene rings is 4. The summed E-state index contributed by atoms with van der Waals surface area (Å²) in [6.07, 6.45) is 0.270. The largest absolute Gasteiger partial charge is 0.489 e. The fourth-order valence-corrected chi connectivity index (χ4v) is 3.65. The molecule has 0 saturated carbocycles. The summed E-state index contributed by atoms with van der Waals surface area (Å²) in [7, 11) is 0. The maximum absolute atomic E-state index is 12.8. The van der Waals surface area contributed by atoms with Crippen LogP contribution in [0.1, 0.15) is 21.5 Å². The van der Waals surface area contributed by atoms with Crippen molar-refractivity contribution in [2.24, 2.45) is 5.73 Å². The van der Waals surface area contributed by atoms with Gasteiger partial charge in [-0.25, -0.2) is 0 Å². The highest BCUT2D eigenvalue weighted by atomic mass is 16.5. The van der Waals surface area contributed by atoms with E-state index in [0.29, 0.717) is 17.9 Å². The van der Waals surface area contributed by atoms with Gasteiger partial charge < -0.3 is 15.8 Å². The van der Waals surface area contributed by atoms with E-state index in [4.69, 9.17) is 10.5 Å². The number of amides is 2. The van der Waals surface area contributed by atoms with E-state index in [9.17, 15) is 9.59 Å². The maximum Gasteiger partial charge on any atom is 0.251 e. The van der Waals surface area contributed by atoms with E-state index in [0.717, 1.165) is 22.3 Å². The number of ether oxygens (including phenoxy) is 1. The third-order valence-corrected chi connectivity index (χ3v) is 5.49. The number of hydrogen-bond donors (Lipinski definition) is 2. The highest BCUT2D eigenvalue weighted by Crippen LogP contribution is 2.20. The third kappa shape index (κ3) is 6.11. The van der Waals surface area contributed by atoms with Gasteiger partial charge in [0.2, 0.25) is 5.91 Å². The van der Waals surface area contributed by atoms with Gasteiger partial charge in [0, 0.05) is 12.0 Å². The van der Waals surface area contributed by atoms with Crippen LogP contribution in [0.3, 0.4) is 0 Å². The minimum absolute atomic E-state index is 0.270. The van der Waals surface area contributed by atoms with Gasteiger partial charge in [0.1, 0.15) is 18.4 Å². The summed E-state index contributed by atoms with van der Waals surface area (Å²) in [5, 5.41) is 2.76. The van der Waals surface area contributed by atoms with Crippen LogP contribution in [-0.2, 0) is 17.8 Å². The quantitative estimate of drug-likeness (QED) is 0.386. The van der Waals surface area contributed by atoms with Crippen LogP contribution in [0.2, 0.25) is 0 Å². The maximum atomic E-state index is 12.8. The summed E-state index contributed by atoms with van der Waals surface area (Å²) < 4.78 is 5.87. The van der Waals surface area contributed by atoms with Crippen molar-refractivity contribution in [1.82, 2.24) is 5.32 Å². The number of nitrogens with two attached hydrogens (primary N) is 1. The Hall–Kier alpha value is -4.38. The molecular formula is C29H26N2O3. The summed E-state index contributed by atoms with van der Waals surface area (Å²) >= 11 is 0. The van der Waals surface area contributed by atoms with Gasteiger partial charge in [-0.1, -0.05) is 84.9 Å². The molecule has 34 heavy (non-hydrogen) atoms. The van der Waals surface area contributed by atoms with E-state index >= 15 is 0 Å². The molecule has 3 N–H and O–H groups in total. The Bertz CT molecular complexity index is 1240. The van der Waals surface area contributed by atoms with Crippen LogP contribution in [0.4, 0.5) is 0 Å². The molecule has 0 heterocycles. The van der Waals surface area contributed by atoms with E-state index in [1.54, 1.807) is 12.1 Å². The molecule has 0 aromatic heterocycles. The average molecular weight is 451 g/mol. The van der Waals surface area contributed by atoms with Gasteiger partial charge in [0.25, 0.3) is 5.91 Å². The fourth-order valence-electron chi connectivity index (χ4n) is 3.65. The number of carbonyl (C=O) groups is 2. The van der Waals surface area contributed by atoms with Gasteiger partial charge in [-0.2, -0.15) is 0 Å². The minimum atomic E-state index is -0.842. The SMILES string of the molecule is NC(=O)[C@@H](Cc1cccc(OCc2ccccc2)c1)NC(=O)c1ccc(-c2ccccc2)cc1. The summed E-state index contributed by atoms with van der Waals surface area (Å²) in [5.41, 5.74) is 10.0. The van der Waals surface area contributed by atoms with Crippen LogP contribution < -0.4 is 15.8 Å². The summed E-state index contributed by atoms with van der Waals surface area (Å²) in [4.78, 5) is 24.9. The smallest absolute Gasteiger partial charge is 0.251 e. The van der Waals surface area contributed by atoms with Crippen molar-refractivity contribution in [2.45, 2.75) is 19.1 Å². The Morgan fingerprint density at radius 1 is 0.735 bits per heavy atom. The lowest BCUT2D eigenvalue weighted by Gasteiger charge is -2.16. The zero-order valence-corrected chi connectivity index (χ0v) is 18.7. The molecule has 1 atom stereocenters. The lowest BCUT2D eigenvalue weighted by atomic mass is 10.0. The Morgan fingerprint density at radius 3 is 2.03 bits per heavy atom. The van der Waals surface area contributed by atoms with Crippen molar-refractivity contribution in [3.05, 3.63) is 126 Å². The molecule has 0 unspecified atom stereocenters. The van der Waals surface area contributed by atoms with E-state index in [1.165, 1.54) is 0 Å². The van der Waals surface area contributed by atoms with Crippen LogP contribution in [0, 0.1) is 0 Å². The first-order valence-electron chi connectivity index (χ1n) is 11.1. The predicted molar refractivity (Wildman–Crippen MR) is 133 cm³/mol. The van der Waals surface area contributed by atoms with E-state index in [1.807, 2.05) is 97.1 Å². The normalized spacial score (nSPS) is 11.4. The van der Waals surface area contributed by atoms with Gasteiger partial charge in [-0.3, -0.25) is 9.59 Å². The standard InChI is InChI=1S/C29H26N2O3/c30-28(32)27(19-22-10-7-13-26(18-22)34-20-21-8-3-1-4-9-21)31-29(33)25-16-14-24(15-17-25)23-11-5-2-6-12-23/h1-18,27H,19-20H2,(H2,30,32)(H,31,33)/t27-/m1/s1. The summed E-state index contributed by atoms with van der Waals surface area (Å²) in [6, 6.07) is 33.7. The van der Waals surface area contributed by atoms with Gasteiger partial charge in [-0.05, 0) is 46.5 Å². The first kappa shape index (κ1) is 22.8.